The fraction of sp³-hybridized carbons (Fsp3) is 0.765. The molecule has 1 heterocycles. The zero-order valence-electron chi connectivity index (χ0n) is 12.9. The van der Waals surface area contributed by atoms with Gasteiger partial charge >= 0.3 is 0 Å². The van der Waals surface area contributed by atoms with Crippen molar-refractivity contribution in [3.8, 4) is 0 Å². The number of hydrogen-bond donors (Lipinski definition) is 1. The highest BCUT2D eigenvalue weighted by molar-refractivity contribution is 5.92. The van der Waals surface area contributed by atoms with Crippen LogP contribution in [0.15, 0.2) is 10.6 Å². The van der Waals surface area contributed by atoms with Gasteiger partial charge in [0.15, 0.2) is 5.69 Å². The SMILES string of the molecule is CCCCC1CCC(NC(=O)c2cc(C3CC3)on2)CC1. The van der Waals surface area contributed by atoms with Crippen molar-refractivity contribution in [2.75, 3.05) is 0 Å². The van der Waals surface area contributed by atoms with Crippen LogP contribution < -0.4 is 5.32 Å². The molecule has 3 rings (SSSR count). The third kappa shape index (κ3) is 3.86. The van der Waals surface area contributed by atoms with E-state index in [4.69, 9.17) is 4.52 Å². The summed E-state index contributed by atoms with van der Waals surface area (Å²) in [6.45, 7) is 2.25. The van der Waals surface area contributed by atoms with E-state index in [0.29, 0.717) is 17.7 Å². The van der Waals surface area contributed by atoms with Crippen LogP contribution in [0.5, 0.6) is 0 Å². The monoisotopic (exact) mass is 290 g/mol. The molecule has 0 saturated heterocycles. The molecule has 2 aliphatic carbocycles. The van der Waals surface area contributed by atoms with E-state index in [1.165, 1.54) is 32.1 Å². The molecule has 116 valence electrons. The predicted octanol–water partition coefficient (Wildman–Crippen LogP) is 4.03. The molecule has 21 heavy (non-hydrogen) atoms. The Bertz CT molecular complexity index is 471. The maximum absolute atomic E-state index is 12.2. The molecular weight excluding hydrogens is 264 g/mol. The van der Waals surface area contributed by atoms with Crippen LogP contribution in [0.3, 0.4) is 0 Å². The van der Waals surface area contributed by atoms with Crippen LogP contribution >= 0.6 is 0 Å². The minimum absolute atomic E-state index is 0.0670. The summed E-state index contributed by atoms with van der Waals surface area (Å²) in [6.07, 6.45) is 11.0. The second kappa shape index (κ2) is 6.63. The number of aromatic nitrogens is 1. The minimum Gasteiger partial charge on any atom is -0.360 e. The van der Waals surface area contributed by atoms with E-state index < -0.39 is 0 Å². The van der Waals surface area contributed by atoms with Crippen LogP contribution in [-0.4, -0.2) is 17.1 Å². The molecule has 0 unspecified atom stereocenters. The first-order valence-electron chi connectivity index (χ1n) is 8.53. The summed E-state index contributed by atoms with van der Waals surface area (Å²) in [5, 5.41) is 7.03. The Kier molecular flexibility index (Phi) is 4.61. The highest BCUT2D eigenvalue weighted by atomic mass is 16.5. The van der Waals surface area contributed by atoms with Crippen molar-refractivity contribution in [1.29, 1.82) is 0 Å². The topological polar surface area (TPSA) is 55.1 Å². The average Bonchev–Trinajstić information content (AvgIpc) is 3.23. The van der Waals surface area contributed by atoms with E-state index in [1.54, 1.807) is 0 Å². The Morgan fingerprint density at radius 1 is 1.29 bits per heavy atom. The molecule has 1 aromatic rings. The normalized spacial score (nSPS) is 25.8. The molecule has 4 heteroatoms. The summed E-state index contributed by atoms with van der Waals surface area (Å²) in [7, 11) is 0. The first kappa shape index (κ1) is 14.6. The molecule has 0 spiro atoms. The van der Waals surface area contributed by atoms with E-state index >= 15 is 0 Å². The van der Waals surface area contributed by atoms with Crippen molar-refractivity contribution < 1.29 is 9.32 Å². The Morgan fingerprint density at radius 3 is 2.71 bits per heavy atom. The van der Waals surface area contributed by atoms with Gasteiger partial charge in [-0.15, -0.1) is 0 Å². The molecule has 1 amide bonds. The van der Waals surface area contributed by atoms with Gasteiger partial charge in [0.1, 0.15) is 5.76 Å². The number of hydrogen-bond acceptors (Lipinski definition) is 3. The molecule has 1 N–H and O–H groups in total. The Labute approximate surface area is 126 Å². The number of nitrogens with one attached hydrogen (secondary N) is 1. The molecule has 0 aliphatic heterocycles. The number of nitrogens with zero attached hydrogens (tertiary/aromatic N) is 1. The number of amides is 1. The quantitative estimate of drug-likeness (QED) is 0.860. The van der Waals surface area contributed by atoms with Crippen molar-refractivity contribution in [2.45, 2.75) is 76.7 Å². The van der Waals surface area contributed by atoms with Crippen molar-refractivity contribution >= 4 is 5.91 Å². The van der Waals surface area contributed by atoms with Crippen LogP contribution in [0.1, 0.15) is 86.9 Å². The summed E-state index contributed by atoms with van der Waals surface area (Å²) in [5.41, 5.74) is 0.449. The first-order valence-corrected chi connectivity index (χ1v) is 8.53. The zero-order valence-corrected chi connectivity index (χ0v) is 12.9. The van der Waals surface area contributed by atoms with Crippen LogP contribution in [-0.2, 0) is 0 Å². The third-order valence-electron chi connectivity index (χ3n) is 4.89. The van der Waals surface area contributed by atoms with Gasteiger partial charge in [-0.2, -0.15) is 0 Å². The number of rotatable bonds is 6. The molecule has 0 atom stereocenters. The number of unbranched alkanes of at least 4 members (excludes halogenated alkanes) is 1. The van der Waals surface area contributed by atoms with Crippen molar-refractivity contribution in [3.63, 3.8) is 0 Å². The van der Waals surface area contributed by atoms with Crippen molar-refractivity contribution in [1.82, 2.24) is 10.5 Å². The summed E-state index contributed by atoms with van der Waals surface area (Å²) in [5.74, 6) is 2.19. The molecule has 0 aromatic carbocycles. The van der Waals surface area contributed by atoms with Gasteiger partial charge in [0.25, 0.3) is 5.91 Å². The number of carbonyl (C=O) groups is 1. The molecular formula is C17H26N2O2. The van der Waals surface area contributed by atoms with E-state index in [-0.39, 0.29) is 5.91 Å². The Balaban J connectivity index is 1.44. The van der Waals surface area contributed by atoms with Crippen LogP contribution in [0.25, 0.3) is 0 Å². The van der Waals surface area contributed by atoms with Gasteiger partial charge in [-0.25, -0.2) is 0 Å². The molecule has 2 aliphatic rings. The zero-order chi connectivity index (χ0) is 14.7. The van der Waals surface area contributed by atoms with Gasteiger partial charge in [0, 0.05) is 18.0 Å². The lowest BCUT2D eigenvalue weighted by molar-refractivity contribution is 0.0911. The molecule has 0 bridgehead atoms. The largest absolute Gasteiger partial charge is 0.360 e. The first-order chi connectivity index (χ1) is 10.3. The highest BCUT2D eigenvalue weighted by Crippen LogP contribution is 2.40. The maximum atomic E-state index is 12.2. The van der Waals surface area contributed by atoms with Crippen molar-refractivity contribution in [3.05, 3.63) is 17.5 Å². The summed E-state index contributed by atoms with van der Waals surface area (Å²) >= 11 is 0. The second-order valence-corrected chi connectivity index (χ2v) is 6.72. The lowest BCUT2D eigenvalue weighted by atomic mass is 9.83. The maximum Gasteiger partial charge on any atom is 0.273 e. The van der Waals surface area contributed by atoms with Crippen LogP contribution in [0.2, 0.25) is 0 Å². The van der Waals surface area contributed by atoms with Gasteiger partial charge in [0.05, 0.1) is 0 Å². The highest BCUT2D eigenvalue weighted by Gasteiger charge is 2.29. The number of carbonyl (C=O) groups excluding carboxylic acids is 1. The summed E-state index contributed by atoms with van der Waals surface area (Å²) in [4.78, 5) is 12.2. The van der Waals surface area contributed by atoms with Crippen molar-refractivity contribution in [2.24, 2.45) is 5.92 Å². The van der Waals surface area contributed by atoms with Gasteiger partial charge in [-0.05, 0) is 44.4 Å². The Hall–Kier alpha value is -1.32. The molecule has 4 nitrogen and oxygen atoms in total. The van der Waals surface area contributed by atoms with E-state index in [0.717, 1.165) is 37.4 Å². The minimum atomic E-state index is -0.0670. The summed E-state index contributed by atoms with van der Waals surface area (Å²) < 4.78 is 5.25. The molecule has 0 radical (unpaired) electrons. The van der Waals surface area contributed by atoms with Gasteiger partial charge in [-0.3, -0.25) is 4.79 Å². The second-order valence-electron chi connectivity index (χ2n) is 6.72. The van der Waals surface area contributed by atoms with Gasteiger partial charge in [-0.1, -0.05) is 31.3 Å². The predicted molar refractivity (Wildman–Crippen MR) is 81.2 cm³/mol. The van der Waals surface area contributed by atoms with E-state index in [2.05, 4.69) is 17.4 Å². The summed E-state index contributed by atoms with van der Waals surface area (Å²) in [6, 6.07) is 2.14. The smallest absolute Gasteiger partial charge is 0.273 e. The van der Waals surface area contributed by atoms with Crippen LogP contribution in [0, 0.1) is 5.92 Å². The van der Waals surface area contributed by atoms with Gasteiger partial charge < -0.3 is 9.84 Å². The van der Waals surface area contributed by atoms with Gasteiger partial charge in [0.2, 0.25) is 0 Å². The molecule has 2 saturated carbocycles. The fourth-order valence-corrected chi connectivity index (χ4v) is 3.30. The Morgan fingerprint density at radius 2 is 2.05 bits per heavy atom. The third-order valence-corrected chi connectivity index (χ3v) is 4.89. The van der Waals surface area contributed by atoms with Crippen LogP contribution in [0.4, 0.5) is 0 Å². The fourth-order valence-electron chi connectivity index (χ4n) is 3.30. The molecule has 1 aromatic heterocycles. The lowest BCUT2D eigenvalue weighted by Crippen LogP contribution is -2.37. The lowest BCUT2D eigenvalue weighted by Gasteiger charge is -2.28. The van der Waals surface area contributed by atoms with E-state index in [1.807, 2.05) is 6.07 Å². The standard InChI is InChI=1S/C17H26N2O2/c1-2-3-4-12-5-9-14(10-6-12)18-17(20)15-11-16(21-19-15)13-7-8-13/h11-14H,2-10H2,1H3,(H,18,20). The average molecular weight is 290 g/mol. The van der Waals surface area contributed by atoms with E-state index in [9.17, 15) is 4.79 Å². The molecule has 2 fully saturated rings.